The number of anilines is 1. The summed E-state index contributed by atoms with van der Waals surface area (Å²) >= 11 is 0. The lowest BCUT2D eigenvalue weighted by molar-refractivity contribution is 0.363. The van der Waals surface area contributed by atoms with Crippen molar-refractivity contribution >= 4 is 11.6 Å². The van der Waals surface area contributed by atoms with Gasteiger partial charge in [0.1, 0.15) is 0 Å². The lowest BCUT2D eigenvalue weighted by Gasteiger charge is -2.37. The van der Waals surface area contributed by atoms with E-state index in [4.69, 9.17) is 5.73 Å². The van der Waals surface area contributed by atoms with Crippen LogP contribution in [0.15, 0.2) is 18.3 Å². The van der Waals surface area contributed by atoms with Gasteiger partial charge in [0.2, 0.25) is 5.95 Å². The van der Waals surface area contributed by atoms with Crippen molar-refractivity contribution in [3.63, 3.8) is 0 Å². The molecule has 2 aromatic rings. The van der Waals surface area contributed by atoms with Gasteiger partial charge in [-0.1, -0.05) is 13.0 Å². The van der Waals surface area contributed by atoms with Crippen LogP contribution >= 0.6 is 0 Å². The molecule has 0 aliphatic carbocycles. The Bertz CT molecular complexity index is 576. The minimum absolute atomic E-state index is 0.362. The topological polar surface area (TPSA) is 59.5 Å². The van der Waals surface area contributed by atoms with Crippen LogP contribution in [0.5, 0.6) is 0 Å². The van der Waals surface area contributed by atoms with Gasteiger partial charge in [-0.05, 0) is 37.3 Å². The molecule has 1 saturated heterocycles. The zero-order valence-corrected chi connectivity index (χ0v) is 11.6. The number of rotatable bonds is 2. The highest BCUT2D eigenvalue weighted by atomic mass is 15.4. The second-order valence-corrected chi connectivity index (χ2v) is 5.58. The Hall–Kier alpha value is -1.62. The van der Waals surface area contributed by atoms with Gasteiger partial charge in [-0.25, -0.2) is 4.52 Å². The zero-order valence-electron chi connectivity index (χ0n) is 11.6. The normalized spacial score (nSPS) is 24.1. The largest absolute Gasteiger partial charge is 0.335 e. The summed E-state index contributed by atoms with van der Waals surface area (Å²) in [5.74, 6) is 1.56. The summed E-state index contributed by atoms with van der Waals surface area (Å²) in [5, 5.41) is 4.60. The molecule has 19 heavy (non-hydrogen) atoms. The van der Waals surface area contributed by atoms with Crippen molar-refractivity contribution in [3.8, 4) is 0 Å². The van der Waals surface area contributed by atoms with E-state index in [1.165, 1.54) is 6.42 Å². The molecule has 3 rings (SSSR count). The third-order valence-corrected chi connectivity index (χ3v) is 4.05. The van der Waals surface area contributed by atoms with Gasteiger partial charge < -0.3 is 10.6 Å². The van der Waals surface area contributed by atoms with Crippen LogP contribution in [0.25, 0.3) is 5.65 Å². The molecule has 3 heterocycles. The van der Waals surface area contributed by atoms with Gasteiger partial charge in [-0.3, -0.25) is 0 Å². The summed E-state index contributed by atoms with van der Waals surface area (Å²) in [4.78, 5) is 6.95. The quantitative estimate of drug-likeness (QED) is 0.890. The molecular formula is C14H21N5. The number of pyridine rings is 1. The number of aromatic nitrogens is 3. The molecule has 0 amide bonds. The molecule has 5 heteroatoms. The lowest BCUT2D eigenvalue weighted by atomic mass is 9.93. The third kappa shape index (κ3) is 2.18. The number of nitrogens with zero attached hydrogens (tertiary/aromatic N) is 4. The highest BCUT2D eigenvalue weighted by molar-refractivity contribution is 5.51. The monoisotopic (exact) mass is 259 g/mol. The van der Waals surface area contributed by atoms with Crippen molar-refractivity contribution in [1.29, 1.82) is 0 Å². The lowest BCUT2D eigenvalue weighted by Crippen LogP contribution is -2.46. The number of hydrogen-bond acceptors (Lipinski definition) is 4. The molecule has 1 aliphatic rings. The average Bonchev–Trinajstić information content (AvgIpc) is 2.83. The maximum absolute atomic E-state index is 5.91. The highest BCUT2D eigenvalue weighted by Gasteiger charge is 2.28. The van der Waals surface area contributed by atoms with E-state index in [0.29, 0.717) is 12.6 Å². The van der Waals surface area contributed by atoms with Crippen LogP contribution in [0.3, 0.4) is 0 Å². The molecule has 5 nitrogen and oxygen atoms in total. The first-order chi connectivity index (χ1) is 9.19. The van der Waals surface area contributed by atoms with Gasteiger partial charge in [0.25, 0.3) is 0 Å². The van der Waals surface area contributed by atoms with Gasteiger partial charge in [0, 0.05) is 25.3 Å². The van der Waals surface area contributed by atoms with Crippen LogP contribution in [0, 0.1) is 12.8 Å². The summed E-state index contributed by atoms with van der Waals surface area (Å²) in [5.41, 5.74) is 8.00. The number of piperidine rings is 1. The maximum Gasteiger partial charge on any atom is 0.245 e. The number of hydrogen-bond donors (Lipinski definition) is 1. The first-order valence-corrected chi connectivity index (χ1v) is 6.97. The van der Waals surface area contributed by atoms with Gasteiger partial charge in [0.15, 0.2) is 5.65 Å². The van der Waals surface area contributed by atoms with E-state index in [0.717, 1.165) is 36.0 Å². The van der Waals surface area contributed by atoms with Crippen LogP contribution in [-0.2, 0) is 0 Å². The standard InChI is InChI=1S/C14H21N5/c1-10-5-7-18(12(8-10)9-15)14-16-13-11(2)4-3-6-19(13)17-14/h3-4,6,10,12H,5,7-9,15H2,1-2H3. The summed E-state index contributed by atoms with van der Waals surface area (Å²) in [6.07, 6.45) is 4.26. The van der Waals surface area contributed by atoms with Crippen LogP contribution in [0.2, 0.25) is 0 Å². The molecule has 0 spiro atoms. The van der Waals surface area contributed by atoms with Crippen molar-refractivity contribution in [3.05, 3.63) is 23.9 Å². The van der Waals surface area contributed by atoms with Crippen LogP contribution < -0.4 is 10.6 Å². The fraction of sp³-hybridized carbons (Fsp3) is 0.571. The molecule has 0 aromatic carbocycles. The van der Waals surface area contributed by atoms with Gasteiger partial charge in [0.05, 0.1) is 0 Å². The van der Waals surface area contributed by atoms with E-state index in [2.05, 4.69) is 34.9 Å². The zero-order chi connectivity index (χ0) is 13.4. The van der Waals surface area contributed by atoms with E-state index >= 15 is 0 Å². The molecule has 102 valence electrons. The number of nitrogens with two attached hydrogens (primary N) is 1. The van der Waals surface area contributed by atoms with Crippen LogP contribution in [0.4, 0.5) is 5.95 Å². The average molecular weight is 259 g/mol. The molecule has 2 atom stereocenters. The number of fused-ring (bicyclic) bond motifs is 1. The Morgan fingerprint density at radius 3 is 3.05 bits per heavy atom. The van der Waals surface area contributed by atoms with E-state index in [1.54, 1.807) is 0 Å². The molecule has 1 fully saturated rings. The minimum Gasteiger partial charge on any atom is -0.335 e. The molecule has 0 radical (unpaired) electrons. The first kappa shape index (κ1) is 12.4. The second-order valence-electron chi connectivity index (χ2n) is 5.58. The smallest absolute Gasteiger partial charge is 0.245 e. The summed E-state index contributed by atoms with van der Waals surface area (Å²) in [7, 11) is 0. The van der Waals surface area contributed by atoms with E-state index in [1.807, 2.05) is 16.8 Å². The fourth-order valence-electron chi connectivity index (χ4n) is 2.89. The summed E-state index contributed by atoms with van der Waals surface area (Å²) < 4.78 is 1.86. The van der Waals surface area contributed by atoms with E-state index in [-0.39, 0.29) is 0 Å². The van der Waals surface area contributed by atoms with Crippen LogP contribution in [0.1, 0.15) is 25.3 Å². The predicted octanol–water partition coefficient (Wildman–Crippen LogP) is 1.60. The molecule has 2 unspecified atom stereocenters. The Morgan fingerprint density at radius 1 is 1.47 bits per heavy atom. The van der Waals surface area contributed by atoms with E-state index in [9.17, 15) is 0 Å². The summed E-state index contributed by atoms with van der Waals surface area (Å²) in [6, 6.07) is 4.42. The molecule has 2 N–H and O–H groups in total. The second kappa shape index (κ2) is 4.81. The molecular weight excluding hydrogens is 238 g/mol. The Labute approximate surface area is 113 Å². The molecule has 0 saturated carbocycles. The first-order valence-electron chi connectivity index (χ1n) is 6.97. The SMILES string of the molecule is Cc1cccn2nc(N3CCC(C)CC3CN)nc12. The minimum atomic E-state index is 0.362. The van der Waals surface area contributed by atoms with Crippen molar-refractivity contribution < 1.29 is 0 Å². The van der Waals surface area contributed by atoms with Crippen molar-refractivity contribution in [2.75, 3.05) is 18.0 Å². The van der Waals surface area contributed by atoms with Gasteiger partial charge in [-0.2, -0.15) is 4.98 Å². The van der Waals surface area contributed by atoms with E-state index < -0.39 is 0 Å². The van der Waals surface area contributed by atoms with Gasteiger partial charge in [-0.15, -0.1) is 5.10 Å². The molecule has 1 aliphatic heterocycles. The number of aryl methyl sites for hydroxylation is 1. The Kier molecular flexibility index (Phi) is 3.14. The van der Waals surface area contributed by atoms with Crippen molar-refractivity contribution in [1.82, 2.24) is 14.6 Å². The maximum atomic E-state index is 5.91. The highest BCUT2D eigenvalue weighted by Crippen LogP contribution is 2.26. The Morgan fingerprint density at radius 2 is 2.32 bits per heavy atom. The summed E-state index contributed by atoms with van der Waals surface area (Å²) in [6.45, 7) is 6.02. The van der Waals surface area contributed by atoms with Crippen molar-refractivity contribution in [2.45, 2.75) is 32.7 Å². The Balaban J connectivity index is 1.97. The van der Waals surface area contributed by atoms with Crippen LogP contribution in [-0.4, -0.2) is 33.7 Å². The fourth-order valence-corrected chi connectivity index (χ4v) is 2.89. The molecule has 0 bridgehead atoms. The molecule has 2 aromatic heterocycles. The van der Waals surface area contributed by atoms with Crippen molar-refractivity contribution in [2.24, 2.45) is 11.7 Å². The third-order valence-electron chi connectivity index (χ3n) is 4.05. The predicted molar refractivity (Wildman–Crippen MR) is 76.3 cm³/mol. The van der Waals surface area contributed by atoms with Gasteiger partial charge >= 0.3 is 0 Å².